The summed E-state index contributed by atoms with van der Waals surface area (Å²) in [6.07, 6.45) is 11.5. The summed E-state index contributed by atoms with van der Waals surface area (Å²) in [6.45, 7) is 5.96. The van der Waals surface area contributed by atoms with Gasteiger partial charge in [0, 0.05) is 0 Å². The molecule has 0 heterocycles. The molecule has 1 fully saturated rings. The molecule has 15 heavy (non-hydrogen) atoms. The Balaban J connectivity index is 2.60. The summed E-state index contributed by atoms with van der Waals surface area (Å²) in [5.74, 6) is 0.989. The van der Waals surface area contributed by atoms with Crippen molar-refractivity contribution in [3.63, 3.8) is 0 Å². The van der Waals surface area contributed by atoms with Crippen LogP contribution in [0.5, 0.6) is 0 Å². The minimum atomic E-state index is 0.698. The van der Waals surface area contributed by atoms with Crippen molar-refractivity contribution in [1.29, 1.82) is 0 Å². The molecular formula is C14H29N. The van der Waals surface area contributed by atoms with Crippen molar-refractivity contribution < 1.29 is 0 Å². The molecule has 0 aromatic rings. The maximum atomic E-state index is 3.32. The second-order valence-corrected chi connectivity index (χ2v) is 5.30. The van der Waals surface area contributed by atoms with Crippen molar-refractivity contribution in [2.75, 3.05) is 13.6 Å². The summed E-state index contributed by atoms with van der Waals surface area (Å²) in [7, 11) is 2.08. The Morgan fingerprint density at radius 3 is 2.67 bits per heavy atom. The van der Waals surface area contributed by atoms with E-state index in [4.69, 9.17) is 0 Å². The summed E-state index contributed by atoms with van der Waals surface area (Å²) in [5, 5.41) is 3.32. The molecule has 0 radical (unpaired) electrons. The molecule has 0 aliphatic heterocycles. The average molecular weight is 211 g/mol. The lowest BCUT2D eigenvalue weighted by Gasteiger charge is -2.44. The lowest BCUT2D eigenvalue weighted by molar-refractivity contribution is 0.0699. The van der Waals surface area contributed by atoms with Crippen molar-refractivity contribution in [2.24, 2.45) is 11.3 Å². The normalized spacial score (nSPS) is 31.8. The van der Waals surface area contributed by atoms with Crippen molar-refractivity contribution in [1.82, 2.24) is 5.32 Å². The zero-order valence-corrected chi connectivity index (χ0v) is 10.9. The summed E-state index contributed by atoms with van der Waals surface area (Å²) in [6, 6.07) is 0. The van der Waals surface area contributed by atoms with Gasteiger partial charge in [0.05, 0.1) is 0 Å². The van der Waals surface area contributed by atoms with Gasteiger partial charge in [0.15, 0.2) is 0 Å². The number of hydrogen-bond acceptors (Lipinski definition) is 1. The number of rotatable bonds is 6. The summed E-state index contributed by atoms with van der Waals surface area (Å²) < 4.78 is 0. The Bertz CT molecular complexity index is 163. The third kappa shape index (κ3) is 3.21. The lowest BCUT2D eigenvalue weighted by Crippen LogP contribution is -2.35. The lowest BCUT2D eigenvalue weighted by atomic mass is 9.61. The van der Waals surface area contributed by atoms with Crippen molar-refractivity contribution in [2.45, 2.75) is 65.2 Å². The van der Waals surface area contributed by atoms with E-state index >= 15 is 0 Å². The van der Waals surface area contributed by atoms with Crippen LogP contribution in [0, 0.1) is 11.3 Å². The third-order valence-corrected chi connectivity index (χ3v) is 4.54. The van der Waals surface area contributed by atoms with Crippen LogP contribution >= 0.6 is 0 Å². The predicted octanol–water partition coefficient (Wildman–Crippen LogP) is 3.98. The van der Waals surface area contributed by atoms with E-state index in [1.54, 1.807) is 0 Å². The van der Waals surface area contributed by atoms with E-state index in [1.165, 1.54) is 57.9 Å². The molecule has 2 atom stereocenters. The second kappa shape index (κ2) is 6.52. The minimum absolute atomic E-state index is 0.698. The van der Waals surface area contributed by atoms with Gasteiger partial charge < -0.3 is 5.32 Å². The Kier molecular flexibility index (Phi) is 5.66. The van der Waals surface area contributed by atoms with Crippen LogP contribution in [0.15, 0.2) is 0 Å². The molecule has 1 unspecified atom stereocenters. The van der Waals surface area contributed by atoms with E-state index in [0.717, 1.165) is 5.92 Å². The van der Waals surface area contributed by atoms with Crippen LogP contribution in [0.4, 0.5) is 0 Å². The molecule has 90 valence electrons. The van der Waals surface area contributed by atoms with Gasteiger partial charge in [-0.15, -0.1) is 0 Å². The quantitative estimate of drug-likeness (QED) is 0.700. The molecule has 0 amide bonds. The van der Waals surface area contributed by atoms with Crippen LogP contribution < -0.4 is 5.32 Å². The summed E-state index contributed by atoms with van der Waals surface area (Å²) in [5.41, 5.74) is 0.698. The molecule has 0 bridgehead atoms. The largest absolute Gasteiger partial charge is 0.320 e. The molecule has 1 nitrogen and oxygen atoms in total. The van der Waals surface area contributed by atoms with E-state index in [2.05, 4.69) is 26.2 Å². The molecule has 0 saturated heterocycles. The monoisotopic (exact) mass is 211 g/mol. The van der Waals surface area contributed by atoms with Gasteiger partial charge in [-0.25, -0.2) is 0 Å². The molecule has 1 saturated carbocycles. The number of hydrogen-bond donors (Lipinski definition) is 1. The van der Waals surface area contributed by atoms with E-state index in [9.17, 15) is 0 Å². The maximum Gasteiger partial charge on any atom is -0.00491 e. The summed E-state index contributed by atoms with van der Waals surface area (Å²) in [4.78, 5) is 0. The fraction of sp³-hybridized carbons (Fsp3) is 1.00. The molecule has 1 N–H and O–H groups in total. The highest BCUT2D eigenvalue weighted by molar-refractivity contribution is 4.88. The highest BCUT2D eigenvalue weighted by atomic mass is 14.8. The van der Waals surface area contributed by atoms with Gasteiger partial charge in [0.1, 0.15) is 0 Å². The zero-order valence-electron chi connectivity index (χ0n) is 10.9. The standard InChI is InChI=1S/C14H29N/c1-4-10-14(5-2)11-7-6-8-13(14)9-12-15-3/h13,15H,4-12H2,1-3H3/t13?,14-/m1/s1. The predicted molar refractivity (Wildman–Crippen MR) is 68.1 cm³/mol. The number of nitrogens with one attached hydrogen (secondary N) is 1. The van der Waals surface area contributed by atoms with Crippen LogP contribution in [-0.4, -0.2) is 13.6 Å². The first-order chi connectivity index (χ1) is 7.29. The Morgan fingerprint density at radius 1 is 1.27 bits per heavy atom. The van der Waals surface area contributed by atoms with E-state index in [1.807, 2.05) is 0 Å². The molecule has 1 aliphatic carbocycles. The molecule has 1 heteroatoms. The van der Waals surface area contributed by atoms with Crippen LogP contribution in [0.1, 0.15) is 65.2 Å². The molecule has 1 aliphatic rings. The summed E-state index contributed by atoms with van der Waals surface area (Å²) >= 11 is 0. The van der Waals surface area contributed by atoms with E-state index < -0.39 is 0 Å². The maximum absolute atomic E-state index is 3.32. The molecule has 0 spiro atoms. The first-order valence-electron chi connectivity index (χ1n) is 6.93. The third-order valence-electron chi connectivity index (χ3n) is 4.54. The van der Waals surface area contributed by atoms with Gasteiger partial charge in [-0.1, -0.05) is 39.5 Å². The highest BCUT2D eigenvalue weighted by Gasteiger charge is 2.37. The molecule has 0 aromatic carbocycles. The van der Waals surface area contributed by atoms with Gasteiger partial charge in [-0.3, -0.25) is 0 Å². The van der Waals surface area contributed by atoms with Gasteiger partial charge >= 0.3 is 0 Å². The molecule has 0 aromatic heterocycles. The van der Waals surface area contributed by atoms with Crippen molar-refractivity contribution in [3.8, 4) is 0 Å². The first kappa shape index (κ1) is 13.0. The van der Waals surface area contributed by atoms with Gasteiger partial charge in [-0.2, -0.15) is 0 Å². The van der Waals surface area contributed by atoms with Crippen LogP contribution in [0.2, 0.25) is 0 Å². The van der Waals surface area contributed by atoms with Crippen LogP contribution in [-0.2, 0) is 0 Å². The van der Waals surface area contributed by atoms with Gasteiger partial charge in [0.2, 0.25) is 0 Å². The smallest absolute Gasteiger partial charge is 0.00491 e. The molecule has 1 rings (SSSR count). The Labute approximate surface area is 96.0 Å². The van der Waals surface area contributed by atoms with Gasteiger partial charge in [0.25, 0.3) is 0 Å². The van der Waals surface area contributed by atoms with E-state index in [-0.39, 0.29) is 0 Å². The fourth-order valence-corrected chi connectivity index (χ4v) is 3.62. The van der Waals surface area contributed by atoms with Crippen LogP contribution in [0.25, 0.3) is 0 Å². The molecular weight excluding hydrogens is 182 g/mol. The fourth-order valence-electron chi connectivity index (χ4n) is 3.62. The SMILES string of the molecule is CCC[C@]1(CC)CCCCC1CCNC. The second-order valence-electron chi connectivity index (χ2n) is 5.30. The van der Waals surface area contributed by atoms with E-state index in [0.29, 0.717) is 5.41 Å². The van der Waals surface area contributed by atoms with Gasteiger partial charge in [-0.05, 0) is 50.6 Å². The average Bonchev–Trinajstić information content (AvgIpc) is 2.28. The first-order valence-corrected chi connectivity index (χ1v) is 6.93. The van der Waals surface area contributed by atoms with Crippen LogP contribution in [0.3, 0.4) is 0 Å². The zero-order chi connectivity index (χ0) is 11.1. The van der Waals surface area contributed by atoms with Crippen molar-refractivity contribution in [3.05, 3.63) is 0 Å². The Morgan fingerprint density at radius 2 is 2.07 bits per heavy atom. The highest BCUT2D eigenvalue weighted by Crippen LogP contribution is 2.48. The Hall–Kier alpha value is -0.0400. The topological polar surface area (TPSA) is 12.0 Å². The van der Waals surface area contributed by atoms with Crippen molar-refractivity contribution >= 4 is 0 Å². The minimum Gasteiger partial charge on any atom is -0.320 e.